The maximum Gasteiger partial charge on any atom is 0.409 e. The Hall–Kier alpha value is -1.81. The zero-order valence-corrected chi connectivity index (χ0v) is 12.4. The van der Waals surface area contributed by atoms with Gasteiger partial charge in [0.15, 0.2) is 0 Å². The molecule has 0 radical (unpaired) electrons. The Kier molecular flexibility index (Phi) is 4.68. The lowest BCUT2D eigenvalue weighted by atomic mass is 10.3. The molecule has 2 N–H and O–H groups in total. The molecule has 0 bridgehead atoms. The molecule has 0 saturated carbocycles. The van der Waals surface area contributed by atoms with Gasteiger partial charge in [-0.15, -0.1) is 0 Å². The highest BCUT2D eigenvalue weighted by molar-refractivity contribution is 7.53. The minimum atomic E-state index is -4.68. The lowest BCUT2D eigenvalue weighted by Crippen LogP contribution is -2.41. The average Bonchev–Trinajstić information content (AvgIpc) is 2.47. The Morgan fingerprint density at radius 1 is 0.905 bits per heavy atom. The summed E-state index contributed by atoms with van der Waals surface area (Å²) in [5.74, 6) is 0.664. The van der Waals surface area contributed by atoms with Crippen molar-refractivity contribution in [2.75, 3.05) is 0 Å². The van der Waals surface area contributed by atoms with Gasteiger partial charge in [-0.3, -0.25) is 4.57 Å². The van der Waals surface area contributed by atoms with Gasteiger partial charge in [-0.05, 0) is 24.3 Å². The van der Waals surface area contributed by atoms with Crippen molar-refractivity contribution in [1.82, 2.24) is 0 Å². The van der Waals surface area contributed by atoms with Crippen molar-refractivity contribution < 1.29 is 23.8 Å². The van der Waals surface area contributed by atoms with Gasteiger partial charge in [0.05, 0.1) is 0 Å². The molecule has 0 fully saturated rings. The van der Waals surface area contributed by atoms with Crippen LogP contribution in [0, 0.1) is 0 Å². The molecule has 2 aromatic carbocycles. The quantitative estimate of drug-likeness (QED) is 0.632. The summed E-state index contributed by atoms with van der Waals surface area (Å²) in [7, 11) is -4.68. The van der Waals surface area contributed by atoms with Crippen LogP contribution >= 0.6 is 7.60 Å². The van der Waals surface area contributed by atoms with Crippen molar-refractivity contribution in [1.29, 1.82) is 0 Å². The second kappa shape index (κ2) is 6.31. The van der Waals surface area contributed by atoms with Crippen molar-refractivity contribution in [2.24, 2.45) is 0 Å². The van der Waals surface area contributed by atoms with Crippen molar-refractivity contribution >= 4 is 7.60 Å². The molecule has 0 atom stereocenters. The lowest BCUT2D eigenvalue weighted by molar-refractivity contribution is -0.0612. The van der Waals surface area contributed by atoms with E-state index in [1.54, 1.807) is 67.6 Å². The van der Waals surface area contributed by atoms with Crippen LogP contribution in [0.2, 0.25) is 0 Å². The molecule has 2 aromatic rings. The normalized spacial score (nSPS) is 12.0. The molecule has 112 valence electrons. The minimum absolute atomic E-state index is 0.0128. The van der Waals surface area contributed by atoms with Gasteiger partial charge in [0.25, 0.3) is 0 Å². The highest BCUT2D eigenvalue weighted by atomic mass is 31.2. The summed E-state index contributed by atoms with van der Waals surface area (Å²) in [6.07, 6.45) is -0.0128. The van der Waals surface area contributed by atoms with Crippen molar-refractivity contribution in [3.8, 4) is 11.5 Å². The standard InChI is InChI=1S/C15H17O5P/c1-2-15(21(16,17)18,19-13-9-5-3-6-10-13)20-14-11-7-4-8-12-14/h3-12H,2H2,1H3,(H2,16,17,18). The first-order valence-corrected chi connectivity index (χ1v) is 8.12. The maximum absolute atomic E-state index is 11.9. The van der Waals surface area contributed by atoms with Gasteiger partial charge in [0.1, 0.15) is 11.5 Å². The van der Waals surface area contributed by atoms with Crippen LogP contribution < -0.4 is 9.47 Å². The van der Waals surface area contributed by atoms with E-state index in [0.717, 1.165) is 0 Å². The molecule has 6 heteroatoms. The van der Waals surface area contributed by atoms with Crippen LogP contribution in [0.3, 0.4) is 0 Å². The summed E-state index contributed by atoms with van der Waals surface area (Å²) in [5.41, 5.74) is -2.05. The van der Waals surface area contributed by atoms with E-state index in [0.29, 0.717) is 11.5 Å². The van der Waals surface area contributed by atoms with Crippen LogP contribution in [-0.4, -0.2) is 15.3 Å². The van der Waals surface area contributed by atoms with Crippen LogP contribution in [-0.2, 0) is 4.57 Å². The first-order chi connectivity index (χ1) is 9.97. The zero-order valence-electron chi connectivity index (χ0n) is 11.5. The van der Waals surface area contributed by atoms with Crippen molar-refractivity contribution in [2.45, 2.75) is 18.9 Å². The van der Waals surface area contributed by atoms with E-state index in [4.69, 9.17) is 9.47 Å². The third-order valence-electron chi connectivity index (χ3n) is 2.93. The zero-order chi connectivity index (χ0) is 15.3. The number of para-hydroxylation sites is 2. The molecule has 21 heavy (non-hydrogen) atoms. The van der Waals surface area contributed by atoms with Gasteiger partial charge in [0, 0.05) is 6.42 Å². The molecule has 0 amide bonds. The molecular weight excluding hydrogens is 291 g/mol. The third-order valence-corrected chi connectivity index (χ3v) is 4.32. The van der Waals surface area contributed by atoms with Crippen LogP contribution in [0.1, 0.15) is 13.3 Å². The highest BCUT2D eigenvalue weighted by Crippen LogP contribution is 2.53. The van der Waals surface area contributed by atoms with E-state index in [-0.39, 0.29) is 6.42 Å². The van der Waals surface area contributed by atoms with E-state index in [1.165, 1.54) is 0 Å². The van der Waals surface area contributed by atoms with Crippen molar-refractivity contribution in [3.63, 3.8) is 0 Å². The van der Waals surface area contributed by atoms with Crippen LogP contribution in [0.5, 0.6) is 11.5 Å². The van der Waals surface area contributed by atoms with E-state index in [2.05, 4.69) is 0 Å². The average molecular weight is 308 g/mol. The van der Waals surface area contributed by atoms with Gasteiger partial charge < -0.3 is 19.3 Å². The third kappa shape index (κ3) is 3.64. The van der Waals surface area contributed by atoms with Gasteiger partial charge in [-0.25, -0.2) is 0 Å². The first kappa shape index (κ1) is 15.6. The Morgan fingerprint density at radius 3 is 1.57 bits per heavy atom. The van der Waals surface area contributed by atoms with Gasteiger partial charge in [-0.2, -0.15) is 0 Å². The molecule has 0 aliphatic heterocycles. The molecule has 0 saturated heterocycles. The van der Waals surface area contributed by atoms with Crippen molar-refractivity contribution in [3.05, 3.63) is 60.7 Å². The minimum Gasteiger partial charge on any atom is -0.442 e. The summed E-state index contributed by atoms with van der Waals surface area (Å²) in [6.45, 7) is 1.60. The molecule has 0 aliphatic carbocycles. The Bertz CT molecular complexity index is 567. The second-order valence-electron chi connectivity index (χ2n) is 4.44. The topological polar surface area (TPSA) is 76.0 Å². The van der Waals surface area contributed by atoms with Gasteiger partial charge >= 0.3 is 13.1 Å². The summed E-state index contributed by atoms with van der Waals surface area (Å²) in [4.78, 5) is 19.4. The summed E-state index contributed by atoms with van der Waals surface area (Å²) >= 11 is 0. The predicted octanol–water partition coefficient (Wildman–Crippen LogP) is 3.39. The summed E-state index contributed by atoms with van der Waals surface area (Å²) in [5, 5.41) is 0. The fraction of sp³-hybridized carbons (Fsp3) is 0.200. The fourth-order valence-electron chi connectivity index (χ4n) is 1.84. The number of rotatable bonds is 6. The monoisotopic (exact) mass is 308 g/mol. The van der Waals surface area contributed by atoms with E-state index >= 15 is 0 Å². The predicted molar refractivity (Wildman–Crippen MR) is 79.2 cm³/mol. The van der Waals surface area contributed by atoms with Gasteiger partial charge in [-0.1, -0.05) is 43.3 Å². The molecule has 0 aliphatic rings. The SMILES string of the molecule is CCC(Oc1ccccc1)(Oc1ccccc1)P(=O)(O)O. The maximum atomic E-state index is 11.9. The largest absolute Gasteiger partial charge is 0.442 e. The number of hydrogen-bond acceptors (Lipinski definition) is 3. The van der Waals surface area contributed by atoms with Crippen LogP contribution in [0.25, 0.3) is 0 Å². The van der Waals surface area contributed by atoms with Crippen LogP contribution in [0.15, 0.2) is 60.7 Å². The fourth-order valence-corrected chi connectivity index (χ4v) is 2.70. The second-order valence-corrected chi connectivity index (χ2v) is 6.21. The van der Waals surface area contributed by atoms with Crippen LogP contribution in [0.4, 0.5) is 0 Å². The molecule has 0 heterocycles. The van der Waals surface area contributed by atoms with E-state index < -0.39 is 13.1 Å². The number of benzene rings is 2. The Labute approximate surface area is 123 Å². The number of ether oxygens (including phenoxy) is 2. The molecule has 0 unspecified atom stereocenters. The molecule has 2 rings (SSSR count). The lowest BCUT2D eigenvalue weighted by Gasteiger charge is -2.33. The number of hydrogen-bond donors (Lipinski definition) is 2. The first-order valence-electron chi connectivity index (χ1n) is 6.50. The van der Waals surface area contributed by atoms with Gasteiger partial charge in [0.2, 0.25) is 0 Å². The molecular formula is C15H17O5P. The van der Waals surface area contributed by atoms with E-state index in [9.17, 15) is 14.4 Å². The Balaban J connectivity index is 2.37. The summed E-state index contributed by atoms with van der Waals surface area (Å²) < 4.78 is 23.0. The molecule has 5 nitrogen and oxygen atoms in total. The smallest absolute Gasteiger partial charge is 0.409 e. The Morgan fingerprint density at radius 2 is 1.29 bits per heavy atom. The highest BCUT2D eigenvalue weighted by Gasteiger charge is 2.51. The summed E-state index contributed by atoms with van der Waals surface area (Å²) in [6, 6.07) is 16.9. The molecule has 0 spiro atoms. The molecule has 0 aromatic heterocycles. The van der Waals surface area contributed by atoms with E-state index in [1.807, 2.05) is 0 Å².